The molecule has 2 rings (SSSR count). The fourth-order valence-electron chi connectivity index (χ4n) is 2.48. The molecule has 0 aliphatic carbocycles. The van der Waals surface area contributed by atoms with Crippen LogP contribution in [0.3, 0.4) is 0 Å². The van der Waals surface area contributed by atoms with Crippen molar-refractivity contribution in [2.45, 2.75) is 45.2 Å². The molecule has 0 saturated carbocycles. The van der Waals surface area contributed by atoms with E-state index in [0.29, 0.717) is 17.6 Å². The number of hydrogen-bond donors (Lipinski definition) is 2. The largest absolute Gasteiger partial charge is 0.507 e. The van der Waals surface area contributed by atoms with Gasteiger partial charge < -0.3 is 5.11 Å². The zero-order chi connectivity index (χ0) is 13.1. The minimum Gasteiger partial charge on any atom is -0.507 e. The molecule has 1 heterocycles. The van der Waals surface area contributed by atoms with Gasteiger partial charge in [0.15, 0.2) is 0 Å². The molecule has 2 N–H and O–H groups in total. The quantitative estimate of drug-likeness (QED) is 0.844. The van der Waals surface area contributed by atoms with Gasteiger partial charge in [-0.15, -0.1) is 0 Å². The molecule has 2 unspecified atom stereocenters. The van der Waals surface area contributed by atoms with E-state index in [9.17, 15) is 9.90 Å². The summed E-state index contributed by atoms with van der Waals surface area (Å²) in [5.74, 6) is -0.221. The molecule has 0 aromatic heterocycles. The first kappa shape index (κ1) is 12.9. The predicted octanol–water partition coefficient (Wildman–Crippen LogP) is 2.30. The molecule has 4 heteroatoms. The number of carbonyl (C=O) groups excluding carboxylic acids is 1. The van der Waals surface area contributed by atoms with Gasteiger partial charge in [0, 0.05) is 12.1 Å². The molecule has 1 aliphatic rings. The molecule has 1 saturated heterocycles. The molecule has 1 aliphatic heterocycles. The topological polar surface area (TPSA) is 52.6 Å². The minimum absolute atomic E-state index is 0.0207. The van der Waals surface area contributed by atoms with Crippen LogP contribution < -0.4 is 5.43 Å². The summed E-state index contributed by atoms with van der Waals surface area (Å²) in [6.07, 6.45) is 3.38. The average molecular weight is 248 g/mol. The Kier molecular flexibility index (Phi) is 3.87. The number of aromatic hydroxyl groups is 1. The van der Waals surface area contributed by atoms with Crippen LogP contribution >= 0.6 is 0 Å². The number of nitrogens with one attached hydrogen (secondary N) is 1. The van der Waals surface area contributed by atoms with Gasteiger partial charge in [-0.3, -0.25) is 10.2 Å². The van der Waals surface area contributed by atoms with Crippen molar-refractivity contribution in [3.8, 4) is 5.75 Å². The average Bonchev–Trinajstić information content (AvgIpc) is 2.34. The number of nitrogens with zero attached hydrogens (tertiary/aromatic N) is 1. The molecular weight excluding hydrogens is 228 g/mol. The maximum Gasteiger partial charge on any atom is 0.269 e. The van der Waals surface area contributed by atoms with Crippen LogP contribution in [-0.4, -0.2) is 28.1 Å². The molecule has 98 valence electrons. The lowest BCUT2D eigenvalue weighted by Gasteiger charge is -2.38. The van der Waals surface area contributed by atoms with Crippen LogP contribution in [0.15, 0.2) is 24.3 Å². The van der Waals surface area contributed by atoms with Crippen LogP contribution in [0.25, 0.3) is 0 Å². The highest BCUT2D eigenvalue weighted by molar-refractivity contribution is 5.96. The number of phenols is 1. The van der Waals surface area contributed by atoms with Gasteiger partial charge in [0.1, 0.15) is 5.75 Å². The van der Waals surface area contributed by atoms with Gasteiger partial charge in [-0.1, -0.05) is 18.6 Å². The smallest absolute Gasteiger partial charge is 0.269 e. The summed E-state index contributed by atoms with van der Waals surface area (Å²) in [7, 11) is 0. The van der Waals surface area contributed by atoms with E-state index < -0.39 is 0 Å². The standard InChI is InChI=1S/C14H20N2O2/c1-10-6-5-7-11(2)16(10)15-14(18)12-8-3-4-9-13(12)17/h3-4,8-11,17H,5-7H2,1-2H3,(H,15,18). The molecule has 1 amide bonds. The Balaban J connectivity index is 2.09. The van der Waals surface area contributed by atoms with E-state index in [2.05, 4.69) is 19.3 Å². The summed E-state index contributed by atoms with van der Waals surface area (Å²) in [6, 6.07) is 7.28. The number of hydrogen-bond acceptors (Lipinski definition) is 3. The SMILES string of the molecule is CC1CCCC(C)N1NC(=O)c1ccccc1O. The second-order valence-electron chi connectivity index (χ2n) is 4.99. The van der Waals surface area contributed by atoms with E-state index in [4.69, 9.17) is 0 Å². The Morgan fingerprint density at radius 1 is 1.28 bits per heavy atom. The Bertz CT molecular complexity index is 424. The van der Waals surface area contributed by atoms with E-state index in [1.165, 1.54) is 12.5 Å². The monoisotopic (exact) mass is 248 g/mol. The Hall–Kier alpha value is -1.55. The zero-order valence-electron chi connectivity index (χ0n) is 10.9. The molecule has 0 bridgehead atoms. The van der Waals surface area contributed by atoms with Crippen molar-refractivity contribution in [2.24, 2.45) is 0 Å². The summed E-state index contributed by atoms with van der Waals surface area (Å²) in [6.45, 7) is 4.22. The molecule has 2 atom stereocenters. The van der Waals surface area contributed by atoms with Crippen molar-refractivity contribution in [1.82, 2.24) is 10.4 Å². The molecule has 1 fully saturated rings. The van der Waals surface area contributed by atoms with Gasteiger partial charge in [-0.25, -0.2) is 5.01 Å². The van der Waals surface area contributed by atoms with E-state index in [0.717, 1.165) is 12.8 Å². The maximum atomic E-state index is 12.1. The summed E-state index contributed by atoms with van der Waals surface area (Å²) in [5, 5.41) is 11.7. The van der Waals surface area contributed by atoms with Crippen LogP contribution in [0.2, 0.25) is 0 Å². The van der Waals surface area contributed by atoms with Crippen LogP contribution in [0.4, 0.5) is 0 Å². The third-order valence-corrected chi connectivity index (χ3v) is 3.57. The minimum atomic E-state index is -0.242. The normalized spacial score (nSPS) is 24.8. The molecule has 0 radical (unpaired) electrons. The summed E-state index contributed by atoms with van der Waals surface area (Å²) < 4.78 is 0. The van der Waals surface area contributed by atoms with Crippen molar-refractivity contribution < 1.29 is 9.90 Å². The van der Waals surface area contributed by atoms with Crippen LogP contribution in [-0.2, 0) is 0 Å². The molecule has 4 nitrogen and oxygen atoms in total. The maximum absolute atomic E-state index is 12.1. The third-order valence-electron chi connectivity index (χ3n) is 3.57. The Labute approximate surface area is 108 Å². The van der Waals surface area contributed by atoms with E-state index in [1.54, 1.807) is 18.2 Å². The van der Waals surface area contributed by atoms with Gasteiger partial charge >= 0.3 is 0 Å². The van der Waals surface area contributed by atoms with E-state index in [-0.39, 0.29) is 11.7 Å². The van der Waals surface area contributed by atoms with Gasteiger partial charge in [-0.2, -0.15) is 0 Å². The highest BCUT2D eigenvalue weighted by atomic mass is 16.3. The summed E-state index contributed by atoms with van der Waals surface area (Å²) in [4.78, 5) is 12.1. The van der Waals surface area contributed by atoms with Gasteiger partial charge in [0.05, 0.1) is 5.56 Å². The zero-order valence-corrected chi connectivity index (χ0v) is 10.9. The van der Waals surface area contributed by atoms with Crippen molar-refractivity contribution >= 4 is 5.91 Å². The summed E-state index contributed by atoms with van der Waals surface area (Å²) >= 11 is 0. The van der Waals surface area contributed by atoms with Crippen LogP contribution in [0.5, 0.6) is 5.75 Å². The van der Waals surface area contributed by atoms with E-state index >= 15 is 0 Å². The van der Waals surface area contributed by atoms with Gasteiger partial charge in [-0.05, 0) is 38.8 Å². The number of para-hydroxylation sites is 1. The Morgan fingerprint density at radius 2 is 1.89 bits per heavy atom. The molecular formula is C14H20N2O2. The van der Waals surface area contributed by atoms with E-state index in [1.807, 2.05) is 5.01 Å². The third kappa shape index (κ3) is 2.64. The number of amides is 1. The van der Waals surface area contributed by atoms with Gasteiger partial charge in [0.2, 0.25) is 0 Å². The highest BCUT2D eigenvalue weighted by Gasteiger charge is 2.26. The van der Waals surface area contributed by atoms with Crippen molar-refractivity contribution in [1.29, 1.82) is 0 Å². The number of phenolic OH excluding ortho intramolecular Hbond substituents is 1. The molecule has 1 aromatic carbocycles. The lowest BCUT2D eigenvalue weighted by molar-refractivity contribution is 0.0368. The van der Waals surface area contributed by atoms with Crippen LogP contribution in [0.1, 0.15) is 43.5 Å². The fourth-order valence-corrected chi connectivity index (χ4v) is 2.48. The van der Waals surface area contributed by atoms with Crippen molar-refractivity contribution in [3.05, 3.63) is 29.8 Å². The number of hydrazine groups is 1. The lowest BCUT2D eigenvalue weighted by atomic mass is 10.00. The first-order valence-electron chi connectivity index (χ1n) is 6.47. The summed E-state index contributed by atoms with van der Waals surface area (Å²) in [5.41, 5.74) is 3.23. The second kappa shape index (κ2) is 5.40. The highest BCUT2D eigenvalue weighted by Crippen LogP contribution is 2.21. The number of piperidine rings is 1. The number of benzene rings is 1. The number of rotatable bonds is 2. The molecule has 1 aromatic rings. The first-order chi connectivity index (χ1) is 8.59. The molecule has 18 heavy (non-hydrogen) atoms. The fraction of sp³-hybridized carbons (Fsp3) is 0.500. The first-order valence-corrected chi connectivity index (χ1v) is 6.47. The molecule has 0 spiro atoms. The van der Waals surface area contributed by atoms with Gasteiger partial charge in [0.25, 0.3) is 5.91 Å². The lowest BCUT2D eigenvalue weighted by Crippen LogP contribution is -2.54. The van der Waals surface area contributed by atoms with Crippen LogP contribution in [0, 0.1) is 0 Å². The van der Waals surface area contributed by atoms with Crippen molar-refractivity contribution in [2.75, 3.05) is 0 Å². The predicted molar refractivity (Wildman–Crippen MR) is 70.2 cm³/mol. The second-order valence-corrected chi connectivity index (χ2v) is 4.99. The Morgan fingerprint density at radius 3 is 2.50 bits per heavy atom. The number of carbonyl (C=O) groups is 1. The van der Waals surface area contributed by atoms with Crippen molar-refractivity contribution in [3.63, 3.8) is 0 Å².